The van der Waals surface area contributed by atoms with Crippen molar-refractivity contribution < 1.29 is 9.53 Å². The highest BCUT2D eigenvalue weighted by Crippen LogP contribution is 2.46. The zero-order chi connectivity index (χ0) is 19.7. The Bertz CT molecular complexity index is 822. The smallest absolute Gasteiger partial charge is 0.311 e. The number of anilines is 1. The van der Waals surface area contributed by atoms with Gasteiger partial charge in [-0.05, 0) is 61.7 Å². The van der Waals surface area contributed by atoms with Crippen molar-refractivity contribution in [3.8, 4) is 0 Å². The molecule has 2 fully saturated rings. The molecule has 4 atom stereocenters. The summed E-state index contributed by atoms with van der Waals surface area (Å²) in [7, 11) is 2.15. The number of piperidine rings is 1. The Morgan fingerprint density at radius 3 is 2.57 bits per heavy atom. The molecule has 2 N–H and O–H groups in total. The summed E-state index contributed by atoms with van der Waals surface area (Å²) < 4.78 is 5.77. The molecule has 2 aliphatic heterocycles. The van der Waals surface area contributed by atoms with E-state index < -0.39 is 0 Å². The Balaban J connectivity index is 1.47. The Labute approximate surface area is 171 Å². The van der Waals surface area contributed by atoms with Crippen LogP contribution in [0, 0.1) is 5.92 Å². The third-order valence-corrected chi connectivity index (χ3v) is 6.71. The van der Waals surface area contributed by atoms with Gasteiger partial charge in [0.15, 0.2) is 0 Å². The van der Waals surface area contributed by atoms with Gasteiger partial charge < -0.3 is 10.5 Å². The van der Waals surface area contributed by atoms with Crippen molar-refractivity contribution in [2.75, 3.05) is 19.4 Å². The first kappa shape index (κ1) is 19.3. The Morgan fingerprint density at radius 2 is 1.86 bits per heavy atom. The van der Waals surface area contributed by atoms with E-state index in [1.165, 1.54) is 5.56 Å². The highest BCUT2D eigenvalue weighted by molar-refractivity contribution is 6.30. The minimum atomic E-state index is -0.128. The topological polar surface area (TPSA) is 55.6 Å². The van der Waals surface area contributed by atoms with Crippen molar-refractivity contribution in [1.82, 2.24) is 4.90 Å². The molecule has 148 valence electrons. The van der Waals surface area contributed by atoms with Gasteiger partial charge in [-0.3, -0.25) is 9.69 Å². The van der Waals surface area contributed by atoms with Crippen LogP contribution in [0.25, 0.3) is 0 Å². The van der Waals surface area contributed by atoms with Gasteiger partial charge in [0.25, 0.3) is 0 Å². The van der Waals surface area contributed by atoms with Crippen LogP contribution in [0.2, 0.25) is 5.02 Å². The minimum absolute atomic E-state index is 0.0763. The summed E-state index contributed by atoms with van der Waals surface area (Å²) in [5.41, 5.74) is 8.79. The van der Waals surface area contributed by atoms with Gasteiger partial charge >= 0.3 is 5.97 Å². The molecule has 2 aromatic rings. The number of benzene rings is 2. The van der Waals surface area contributed by atoms with Crippen LogP contribution < -0.4 is 5.73 Å². The second-order valence-corrected chi connectivity index (χ2v) is 8.48. The van der Waals surface area contributed by atoms with Gasteiger partial charge in [-0.1, -0.05) is 35.9 Å². The lowest BCUT2D eigenvalue weighted by atomic mass is 9.76. The molecule has 0 aliphatic carbocycles. The standard InChI is InChI=1S/C23H27ClN2O2/c1-26-19-10-11-21(26)22(20(14-19)16-4-6-17(24)7-5-16)23(27)28-13-12-15-2-8-18(25)9-3-15/h2-9,19-22H,10-14,25H2,1H3/t19-,20?,21?,22?/m1/s1. The quantitative estimate of drug-likeness (QED) is 0.603. The molecule has 4 rings (SSSR count). The summed E-state index contributed by atoms with van der Waals surface area (Å²) in [4.78, 5) is 15.5. The number of esters is 1. The molecule has 2 saturated heterocycles. The van der Waals surface area contributed by atoms with Crippen molar-refractivity contribution in [3.05, 3.63) is 64.7 Å². The molecule has 3 unspecified atom stereocenters. The SMILES string of the molecule is CN1C2CC[C@@H]1CC(c1ccc(Cl)cc1)C2C(=O)OCCc1ccc(N)cc1. The molecule has 0 saturated carbocycles. The van der Waals surface area contributed by atoms with Crippen LogP contribution >= 0.6 is 11.6 Å². The van der Waals surface area contributed by atoms with Gasteiger partial charge in [0.2, 0.25) is 0 Å². The largest absolute Gasteiger partial charge is 0.465 e. The average molecular weight is 399 g/mol. The van der Waals surface area contributed by atoms with Crippen LogP contribution in [0.1, 0.15) is 36.3 Å². The number of carbonyl (C=O) groups is 1. The fraction of sp³-hybridized carbons (Fsp3) is 0.435. The number of ether oxygens (including phenoxy) is 1. The van der Waals surface area contributed by atoms with Gasteiger partial charge in [0.1, 0.15) is 0 Å². The van der Waals surface area contributed by atoms with Gasteiger partial charge in [-0.25, -0.2) is 0 Å². The number of hydrogen-bond acceptors (Lipinski definition) is 4. The summed E-state index contributed by atoms with van der Waals surface area (Å²) in [6, 6.07) is 16.5. The second-order valence-electron chi connectivity index (χ2n) is 8.04. The lowest BCUT2D eigenvalue weighted by Gasteiger charge is -2.42. The third kappa shape index (κ3) is 3.89. The molecule has 28 heavy (non-hydrogen) atoms. The second kappa shape index (κ2) is 8.14. The van der Waals surface area contributed by atoms with Crippen LogP contribution in [0.3, 0.4) is 0 Å². The van der Waals surface area contributed by atoms with Crippen molar-refractivity contribution in [3.63, 3.8) is 0 Å². The maximum atomic E-state index is 13.1. The van der Waals surface area contributed by atoms with E-state index >= 15 is 0 Å². The molecule has 0 amide bonds. The first-order chi connectivity index (χ1) is 13.5. The Kier molecular flexibility index (Phi) is 5.61. The zero-order valence-corrected chi connectivity index (χ0v) is 16.9. The van der Waals surface area contributed by atoms with E-state index in [0.29, 0.717) is 19.1 Å². The summed E-state index contributed by atoms with van der Waals surface area (Å²) in [6.07, 6.45) is 3.91. The van der Waals surface area contributed by atoms with Gasteiger partial charge in [0.05, 0.1) is 12.5 Å². The van der Waals surface area contributed by atoms with Crippen molar-refractivity contribution in [2.24, 2.45) is 5.92 Å². The van der Waals surface area contributed by atoms with E-state index in [1.54, 1.807) is 0 Å². The summed E-state index contributed by atoms with van der Waals surface area (Å²) >= 11 is 6.07. The van der Waals surface area contributed by atoms with Crippen LogP contribution in [0.4, 0.5) is 5.69 Å². The molecule has 2 aliphatic rings. The van der Waals surface area contributed by atoms with E-state index in [4.69, 9.17) is 22.1 Å². The number of carbonyl (C=O) groups excluding carboxylic acids is 1. The molecule has 0 aromatic heterocycles. The van der Waals surface area contributed by atoms with E-state index in [0.717, 1.165) is 35.5 Å². The van der Waals surface area contributed by atoms with E-state index in [2.05, 4.69) is 24.1 Å². The molecule has 2 bridgehead atoms. The van der Waals surface area contributed by atoms with E-state index in [9.17, 15) is 4.79 Å². The summed E-state index contributed by atoms with van der Waals surface area (Å²) in [6.45, 7) is 0.395. The van der Waals surface area contributed by atoms with Crippen molar-refractivity contribution in [1.29, 1.82) is 0 Å². The summed E-state index contributed by atoms with van der Waals surface area (Å²) in [5, 5.41) is 0.724. The fourth-order valence-electron chi connectivity index (χ4n) is 4.89. The van der Waals surface area contributed by atoms with E-state index in [-0.39, 0.29) is 23.8 Å². The maximum absolute atomic E-state index is 13.1. The first-order valence-electron chi connectivity index (χ1n) is 10.0. The number of hydrogen-bond donors (Lipinski definition) is 1. The molecular weight excluding hydrogens is 372 g/mol. The van der Waals surface area contributed by atoms with E-state index in [1.807, 2.05) is 36.4 Å². The number of halogens is 1. The highest BCUT2D eigenvalue weighted by atomic mass is 35.5. The number of rotatable bonds is 5. The fourth-order valence-corrected chi connectivity index (χ4v) is 5.02. The van der Waals surface area contributed by atoms with Crippen LogP contribution in [-0.4, -0.2) is 36.6 Å². The predicted molar refractivity (Wildman–Crippen MR) is 112 cm³/mol. The van der Waals surface area contributed by atoms with Crippen molar-refractivity contribution in [2.45, 2.75) is 43.7 Å². The normalized spacial score (nSPS) is 26.9. The third-order valence-electron chi connectivity index (χ3n) is 6.45. The lowest BCUT2D eigenvalue weighted by molar-refractivity contribution is -0.153. The minimum Gasteiger partial charge on any atom is -0.465 e. The van der Waals surface area contributed by atoms with Gasteiger partial charge in [0, 0.05) is 35.1 Å². The molecule has 2 heterocycles. The molecular formula is C23H27ClN2O2. The monoisotopic (exact) mass is 398 g/mol. The number of nitrogen functional groups attached to an aromatic ring is 1. The number of nitrogens with two attached hydrogens (primary N) is 1. The van der Waals surface area contributed by atoms with Crippen LogP contribution in [0.5, 0.6) is 0 Å². The van der Waals surface area contributed by atoms with Gasteiger partial charge in [-0.2, -0.15) is 0 Å². The predicted octanol–water partition coefficient (Wildman–Crippen LogP) is 4.27. The number of nitrogens with zero attached hydrogens (tertiary/aromatic N) is 1. The first-order valence-corrected chi connectivity index (χ1v) is 10.4. The zero-order valence-electron chi connectivity index (χ0n) is 16.2. The van der Waals surface area contributed by atoms with Crippen LogP contribution in [-0.2, 0) is 16.0 Å². The molecule has 0 spiro atoms. The number of fused-ring (bicyclic) bond motifs is 2. The summed E-state index contributed by atoms with van der Waals surface area (Å²) in [5.74, 6) is -0.0149. The lowest BCUT2D eigenvalue weighted by Crippen LogP contribution is -2.49. The van der Waals surface area contributed by atoms with Gasteiger partial charge in [-0.15, -0.1) is 0 Å². The Morgan fingerprint density at radius 1 is 1.14 bits per heavy atom. The Hall–Kier alpha value is -2.04. The van der Waals surface area contributed by atoms with Crippen molar-refractivity contribution >= 4 is 23.3 Å². The molecule has 2 aromatic carbocycles. The average Bonchev–Trinajstić information content (AvgIpc) is 2.92. The highest BCUT2D eigenvalue weighted by Gasteiger charge is 2.49. The molecule has 4 nitrogen and oxygen atoms in total. The molecule has 5 heteroatoms. The molecule has 0 radical (unpaired) electrons. The van der Waals surface area contributed by atoms with Crippen LogP contribution in [0.15, 0.2) is 48.5 Å². The maximum Gasteiger partial charge on any atom is 0.311 e.